The molecule has 0 bridgehead atoms. The second-order valence-electron chi connectivity index (χ2n) is 5.87. The summed E-state index contributed by atoms with van der Waals surface area (Å²) in [6.07, 6.45) is 0. The molecule has 20 heavy (non-hydrogen) atoms. The first-order chi connectivity index (χ1) is 9.83. The van der Waals surface area contributed by atoms with E-state index in [4.69, 9.17) is 4.74 Å². The van der Waals surface area contributed by atoms with E-state index in [1.165, 1.54) is 11.4 Å². The van der Waals surface area contributed by atoms with Gasteiger partial charge in [-0.1, -0.05) is 6.92 Å². The van der Waals surface area contributed by atoms with Crippen LogP contribution in [0.2, 0.25) is 0 Å². The van der Waals surface area contributed by atoms with E-state index in [1.54, 1.807) is 0 Å². The van der Waals surface area contributed by atoms with Gasteiger partial charge in [0.1, 0.15) is 0 Å². The highest BCUT2D eigenvalue weighted by Gasteiger charge is 2.15. The first-order valence-electron chi connectivity index (χ1n) is 7.71. The number of hydrogen-bond donors (Lipinski definition) is 1. The monoisotopic (exact) mass is 275 g/mol. The van der Waals surface area contributed by atoms with Crippen molar-refractivity contribution in [2.24, 2.45) is 5.92 Å². The molecule has 2 saturated heterocycles. The van der Waals surface area contributed by atoms with Crippen molar-refractivity contribution in [1.82, 2.24) is 5.32 Å². The lowest BCUT2D eigenvalue weighted by atomic mass is 10.1. The van der Waals surface area contributed by atoms with Crippen molar-refractivity contribution in [3.8, 4) is 0 Å². The summed E-state index contributed by atoms with van der Waals surface area (Å²) in [5, 5.41) is 3.50. The molecule has 1 aromatic carbocycles. The molecule has 1 N–H and O–H groups in total. The number of ether oxygens (including phenoxy) is 1. The first kappa shape index (κ1) is 13.7. The maximum Gasteiger partial charge on any atom is 0.0642 e. The number of morpholine rings is 1. The second-order valence-corrected chi connectivity index (χ2v) is 5.87. The SMILES string of the molecule is CC1CNCCN(c2ccc(N3CCOCC3)cc2)C1. The minimum Gasteiger partial charge on any atom is -0.378 e. The van der Waals surface area contributed by atoms with Crippen LogP contribution in [0, 0.1) is 5.92 Å². The third kappa shape index (κ3) is 3.25. The predicted molar refractivity (Wildman–Crippen MR) is 83.7 cm³/mol. The molecule has 2 heterocycles. The Bertz CT molecular complexity index is 414. The fourth-order valence-electron chi connectivity index (χ4n) is 3.02. The van der Waals surface area contributed by atoms with Crippen molar-refractivity contribution in [2.45, 2.75) is 6.92 Å². The summed E-state index contributed by atoms with van der Waals surface area (Å²) in [4.78, 5) is 4.90. The Kier molecular flexibility index (Phi) is 4.43. The summed E-state index contributed by atoms with van der Waals surface area (Å²) in [5.74, 6) is 0.705. The number of rotatable bonds is 2. The Labute approximate surface area is 121 Å². The molecular formula is C16H25N3O. The van der Waals surface area contributed by atoms with Crippen LogP contribution in [0.5, 0.6) is 0 Å². The number of anilines is 2. The fraction of sp³-hybridized carbons (Fsp3) is 0.625. The van der Waals surface area contributed by atoms with Gasteiger partial charge in [-0.25, -0.2) is 0 Å². The lowest BCUT2D eigenvalue weighted by molar-refractivity contribution is 0.122. The summed E-state index contributed by atoms with van der Waals surface area (Å²) in [5.41, 5.74) is 2.66. The molecule has 1 aromatic rings. The van der Waals surface area contributed by atoms with Gasteiger partial charge in [0.05, 0.1) is 13.2 Å². The molecule has 2 fully saturated rings. The van der Waals surface area contributed by atoms with Crippen LogP contribution in [0.3, 0.4) is 0 Å². The van der Waals surface area contributed by atoms with Crippen LogP contribution in [-0.4, -0.2) is 52.5 Å². The van der Waals surface area contributed by atoms with E-state index in [0.717, 1.165) is 52.5 Å². The molecule has 2 aliphatic rings. The molecule has 1 atom stereocenters. The molecule has 3 rings (SSSR count). The van der Waals surface area contributed by atoms with Crippen LogP contribution in [0.25, 0.3) is 0 Å². The summed E-state index contributed by atoms with van der Waals surface area (Å²) in [6.45, 7) is 10.5. The smallest absolute Gasteiger partial charge is 0.0642 e. The Morgan fingerprint density at radius 2 is 1.65 bits per heavy atom. The Morgan fingerprint density at radius 1 is 1.00 bits per heavy atom. The van der Waals surface area contributed by atoms with Gasteiger partial charge in [-0.15, -0.1) is 0 Å². The average molecular weight is 275 g/mol. The number of nitrogens with one attached hydrogen (secondary N) is 1. The van der Waals surface area contributed by atoms with E-state index < -0.39 is 0 Å². The summed E-state index contributed by atoms with van der Waals surface area (Å²) in [7, 11) is 0. The molecule has 0 amide bonds. The maximum atomic E-state index is 5.41. The van der Waals surface area contributed by atoms with Gasteiger partial charge in [-0.3, -0.25) is 0 Å². The fourth-order valence-corrected chi connectivity index (χ4v) is 3.02. The third-order valence-corrected chi connectivity index (χ3v) is 4.17. The van der Waals surface area contributed by atoms with Crippen LogP contribution in [0.4, 0.5) is 11.4 Å². The largest absolute Gasteiger partial charge is 0.378 e. The highest BCUT2D eigenvalue weighted by atomic mass is 16.5. The Morgan fingerprint density at radius 3 is 2.35 bits per heavy atom. The van der Waals surface area contributed by atoms with E-state index in [-0.39, 0.29) is 0 Å². The zero-order chi connectivity index (χ0) is 13.8. The van der Waals surface area contributed by atoms with Gasteiger partial charge in [0.25, 0.3) is 0 Å². The molecule has 0 aliphatic carbocycles. The van der Waals surface area contributed by atoms with E-state index in [2.05, 4.69) is 46.3 Å². The molecule has 0 spiro atoms. The van der Waals surface area contributed by atoms with Crippen molar-refractivity contribution in [3.63, 3.8) is 0 Å². The number of nitrogens with zero attached hydrogens (tertiary/aromatic N) is 2. The predicted octanol–water partition coefficient (Wildman–Crippen LogP) is 1.57. The number of hydrogen-bond acceptors (Lipinski definition) is 4. The Hall–Kier alpha value is -1.26. The molecule has 4 heteroatoms. The van der Waals surface area contributed by atoms with Gasteiger partial charge in [-0.05, 0) is 36.7 Å². The van der Waals surface area contributed by atoms with Gasteiger partial charge < -0.3 is 19.9 Å². The molecule has 0 aromatic heterocycles. The van der Waals surface area contributed by atoms with Crippen LogP contribution < -0.4 is 15.1 Å². The molecular weight excluding hydrogens is 250 g/mol. The van der Waals surface area contributed by atoms with Crippen LogP contribution in [0.15, 0.2) is 24.3 Å². The normalized spacial score (nSPS) is 24.6. The maximum absolute atomic E-state index is 5.41. The van der Waals surface area contributed by atoms with Gasteiger partial charge in [0, 0.05) is 44.1 Å². The zero-order valence-electron chi connectivity index (χ0n) is 12.3. The van der Waals surface area contributed by atoms with Crippen LogP contribution in [0.1, 0.15) is 6.92 Å². The van der Waals surface area contributed by atoms with Crippen LogP contribution in [-0.2, 0) is 4.74 Å². The zero-order valence-corrected chi connectivity index (χ0v) is 12.3. The average Bonchev–Trinajstić information content (AvgIpc) is 2.73. The topological polar surface area (TPSA) is 27.7 Å². The van der Waals surface area contributed by atoms with Crippen molar-refractivity contribution in [1.29, 1.82) is 0 Å². The molecule has 2 aliphatic heterocycles. The molecule has 0 radical (unpaired) electrons. The second kappa shape index (κ2) is 6.46. The van der Waals surface area contributed by atoms with Gasteiger partial charge >= 0.3 is 0 Å². The lowest BCUT2D eigenvalue weighted by Gasteiger charge is -2.30. The molecule has 0 saturated carbocycles. The van der Waals surface area contributed by atoms with Crippen molar-refractivity contribution in [3.05, 3.63) is 24.3 Å². The molecule has 1 unspecified atom stereocenters. The van der Waals surface area contributed by atoms with Crippen molar-refractivity contribution < 1.29 is 4.74 Å². The third-order valence-electron chi connectivity index (χ3n) is 4.17. The highest BCUT2D eigenvalue weighted by Crippen LogP contribution is 2.22. The van der Waals surface area contributed by atoms with E-state index >= 15 is 0 Å². The number of benzene rings is 1. The van der Waals surface area contributed by atoms with Crippen molar-refractivity contribution >= 4 is 11.4 Å². The van der Waals surface area contributed by atoms with Gasteiger partial charge in [0.15, 0.2) is 0 Å². The quantitative estimate of drug-likeness (QED) is 0.887. The van der Waals surface area contributed by atoms with Gasteiger partial charge in [0.2, 0.25) is 0 Å². The minimum atomic E-state index is 0.705. The van der Waals surface area contributed by atoms with Crippen molar-refractivity contribution in [2.75, 3.05) is 62.3 Å². The van der Waals surface area contributed by atoms with E-state index in [1.807, 2.05) is 0 Å². The van der Waals surface area contributed by atoms with E-state index in [0.29, 0.717) is 5.92 Å². The summed E-state index contributed by atoms with van der Waals surface area (Å²) >= 11 is 0. The molecule has 4 nitrogen and oxygen atoms in total. The standard InChI is InChI=1S/C16H25N3O/c1-14-12-17-6-7-19(13-14)16-4-2-15(3-5-16)18-8-10-20-11-9-18/h2-5,14,17H,6-13H2,1H3. The first-order valence-corrected chi connectivity index (χ1v) is 7.71. The highest BCUT2D eigenvalue weighted by molar-refractivity contribution is 5.56. The van der Waals surface area contributed by atoms with Gasteiger partial charge in [-0.2, -0.15) is 0 Å². The lowest BCUT2D eigenvalue weighted by Crippen LogP contribution is -2.36. The summed E-state index contributed by atoms with van der Waals surface area (Å²) < 4.78 is 5.41. The van der Waals surface area contributed by atoms with Crippen LogP contribution >= 0.6 is 0 Å². The summed E-state index contributed by atoms with van der Waals surface area (Å²) in [6, 6.07) is 9.04. The van der Waals surface area contributed by atoms with E-state index in [9.17, 15) is 0 Å². The Balaban J connectivity index is 1.68. The minimum absolute atomic E-state index is 0.705. The molecule has 110 valence electrons.